The van der Waals surface area contributed by atoms with E-state index in [9.17, 15) is 14.9 Å². The minimum Gasteiger partial charge on any atom is -0.389 e. The van der Waals surface area contributed by atoms with Gasteiger partial charge in [0.2, 0.25) is 5.91 Å². The molecule has 0 unspecified atom stereocenters. The van der Waals surface area contributed by atoms with Crippen molar-refractivity contribution in [3.8, 4) is 6.07 Å². The largest absolute Gasteiger partial charge is 0.389 e. The lowest BCUT2D eigenvalue weighted by Crippen LogP contribution is -2.55. The highest BCUT2D eigenvalue weighted by Gasteiger charge is 2.42. The molecule has 2 aromatic rings. The Morgan fingerprint density at radius 3 is 2.76 bits per heavy atom. The molecule has 33 heavy (non-hydrogen) atoms. The quantitative estimate of drug-likeness (QED) is 0.707. The van der Waals surface area contributed by atoms with Crippen LogP contribution in [0.3, 0.4) is 0 Å². The minimum absolute atomic E-state index is 0.115. The van der Waals surface area contributed by atoms with Gasteiger partial charge in [-0.2, -0.15) is 5.26 Å². The van der Waals surface area contributed by atoms with Gasteiger partial charge in [-0.25, -0.2) is 4.79 Å². The molecule has 3 amide bonds. The number of hydrogen-bond donors (Lipinski definition) is 2. The molecule has 3 atom stereocenters. The van der Waals surface area contributed by atoms with Crippen LogP contribution >= 0.6 is 11.3 Å². The number of amides is 3. The number of nitrogens with one attached hydrogen (secondary N) is 1. The smallest absolute Gasteiger partial charge is 0.324 e. The molecule has 8 heteroatoms. The summed E-state index contributed by atoms with van der Waals surface area (Å²) in [6.07, 6.45) is 3.08. The molecule has 174 valence electrons. The van der Waals surface area contributed by atoms with E-state index in [1.165, 1.54) is 21.1 Å². The van der Waals surface area contributed by atoms with Gasteiger partial charge in [-0.05, 0) is 56.7 Å². The Kier molecular flexibility index (Phi) is 7.01. The number of piperidine rings is 1. The molecule has 0 radical (unpaired) electrons. The van der Waals surface area contributed by atoms with Crippen molar-refractivity contribution in [3.05, 3.63) is 51.9 Å². The summed E-state index contributed by atoms with van der Waals surface area (Å²) in [4.78, 5) is 31.0. The van der Waals surface area contributed by atoms with Crippen LogP contribution in [0.1, 0.15) is 34.9 Å². The highest BCUT2D eigenvalue weighted by atomic mass is 32.1. The van der Waals surface area contributed by atoms with Crippen LogP contribution < -0.4 is 11.1 Å². The SMILES string of the molecule is CCN(C(=O)NCCc1ccccc1)C(=O)[C@@H]1C[C@@H]2Cc3c(sc(N)c3C#N)C[C@H]2N(C)C1. The standard InChI is InChI=1S/C25H31N5O2S/c1-3-30(25(32)28-10-9-16-7-5-4-6-8-16)24(31)18-11-17-12-19-20(14-26)23(27)33-22(19)13-21(17)29(2)15-18/h4-8,17-18,21H,3,9-13,15,27H2,1-2H3,(H,28,32)/t17-,18-,21-/m1/s1. The Balaban J connectivity index is 1.40. The molecule has 7 nitrogen and oxygen atoms in total. The van der Waals surface area contributed by atoms with Gasteiger partial charge in [0.25, 0.3) is 0 Å². The van der Waals surface area contributed by atoms with Crippen LogP contribution in [0, 0.1) is 23.2 Å². The van der Waals surface area contributed by atoms with E-state index in [4.69, 9.17) is 5.73 Å². The molecule has 0 saturated carbocycles. The van der Waals surface area contributed by atoms with Gasteiger partial charge in [-0.3, -0.25) is 9.69 Å². The van der Waals surface area contributed by atoms with E-state index in [0.717, 1.165) is 36.8 Å². The lowest BCUT2D eigenvalue weighted by Gasteiger charge is -2.45. The van der Waals surface area contributed by atoms with E-state index in [1.54, 1.807) is 0 Å². The molecular weight excluding hydrogens is 434 g/mol. The highest BCUT2D eigenvalue weighted by molar-refractivity contribution is 7.16. The van der Waals surface area contributed by atoms with Gasteiger partial charge in [0, 0.05) is 30.6 Å². The number of carbonyl (C=O) groups is 2. The van der Waals surface area contributed by atoms with Crippen LogP contribution in [-0.2, 0) is 24.1 Å². The third-order valence-corrected chi connectivity index (χ3v) is 8.09. The molecule has 2 aliphatic rings. The summed E-state index contributed by atoms with van der Waals surface area (Å²) in [6.45, 7) is 3.30. The van der Waals surface area contributed by atoms with E-state index < -0.39 is 0 Å². The van der Waals surface area contributed by atoms with Crippen LogP contribution in [0.5, 0.6) is 0 Å². The van der Waals surface area contributed by atoms with Crippen molar-refractivity contribution in [1.29, 1.82) is 5.26 Å². The number of fused-ring (bicyclic) bond motifs is 2. The normalized spacial score (nSPS) is 22.0. The number of nitriles is 1. The number of anilines is 1. The summed E-state index contributed by atoms with van der Waals surface area (Å²) in [7, 11) is 2.06. The number of likely N-dealkylation sites (N-methyl/N-ethyl adjacent to an activating group) is 1. The van der Waals surface area contributed by atoms with Crippen molar-refractivity contribution >= 4 is 28.3 Å². The average molecular weight is 466 g/mol. The van der Waals surface area contributed by atoms with Crippen molar-refractivity contribution in [1.82, 2.24) is 15.1 Å². The summed E-state index contributed by atoms with van der Waals surface area (Å²) in [5.41, 5.74) is 8.90. The fourth-order valence-corrected chi connectivity index (χ4v) is 6.42. The molecule has 4 rings (SSSR count). The number of hydrogen-bond acceptors (Lipinski definition) is 6. The van der Waals surface area contributed by atoms with Gasteiger partial charge in [0.05, 0.1) is 11.5 Å². The predicted molar refractivity (Wildman–Crippen MR) is 130 cm³/mol. The average Bonchev–Trinajstić information content (AvgIpc) is 3.12. The Morgan fingerprint density at radius 1 is 1.30 bits per heavy atom. The molecular formula is C25H31N5O2S. The number of rotatable bonds is 5. The maximum absolute atomic E-state index is 13.4. The molecule has 1 aromatic carbocycles. The maximum atomic E-state index is 13.4. The molecule has 2 heterocycles. The molecule has 1 aromatic heterocycles. The highest BCUT2D eigenvalue weighted by Crippen LogP contribution is 2.42. The van der Waals surface area contributed by atoms with Gasteiger partial charge in [0.1, 0.15) is 11.1 Å². The topological polar surface area (TPSA) is 102 Å². The first-order chi connectivity index (χ1) is 15.9. The lowest BCUT2D eigenvalue weighted by molar-refractivity contribution is -0.135. The monoisotopic (exact) mass is 465 g/mol. The second kappa shape index (κ2) is 9.94. The van der Waals surface area contributed by atoms with E-state index in [1.807, 2.05) is 37.3 Å². The molecule has 0 bridgehead atoms. The molecule has 1 aliphatic heterocycles. The van der Waals surface area contributed by atoms with Gasteiger partial charge < -0.3 is 16.0 Å². The molecule has 1 aliphatic carbocycles. The number of likely N-dealkylation sites (tertiary alicyclic amines) is 1. The van der Waals surface area contributed by atoms with E-state index in [0.29, 0.717) is 36.2 Å². The van der Waals surface area contributed by atoms with Gasteiger partial charge >= 0.3 is 6.03 Å². The minimum atomic E-state index is -0.327. The molecule has 1 fully saturated rings. The third kappa shape index (κ3) is 4.75. The number of nitrogens with two attached hydrogens (primary N) is 1. The van der Waals surface area contributed by atoms with E-state index >= 15 is 0 Å². The van der Waals surface area contributed by atoms with Gasteiger partial charge in [-0.1, -0.05) is 30.3 Å². The summed E-state index contributed by atoms with van der Waals surface area (Å²) >= 11 is 1.53. The van der Waals surface area contributed by atoms with Crippen molar-refractivity contribution in [3.63, 3.8) is 0 Å². The number of benzene rings is 1. The number of urea groups is 1. The Morgan fingerprint density at radius 2 is 2.06 bits per heavy atom. The third-order valence-electron chi connectivity index (χ3n) is 7.01. The van der Waals surface area contributed by atoms with Crippen molar-refractivity contribution in [2.24, 2.45) is 11.8 Å². The van der Waals surface area contributed by atoms with Crippen LogP contribution in [0.4, 0.5) is 9.80 Å². The zero-order chi connectivity index (χ0) is 23.5. The number of nitrogens with zero attached hydrogens (tertiary/aromatic N) is 3. The van der Waals surface area contributed by atoms with Gasteiger partial charge in [-0.15, -0.1) is 11.3 Å². The van der Waals surface area contributed by atoms with E-state index in [2.05, 4.69) is 23.3 Å². The molecule has 1 saturated heterocycles. The Labute approximate surface area is 199 Å². The van der Waals surface area contributed by atoms with Crippen molar-refractivity contribution < 1.29 is 9.59 Å². The first kappa shape index (κ1) is 23.3. The first-order valence-electron chi connectivity index (χ1n) is 11.6. The summed E-state index contributed by atoms with van der Waals surface area (Å²) in [5.74, 6) is -0.0820. The number of carbonyl (C=O) groups excluding carboxylic acids is 2. The predicted octanol–water partition coefficient (Wildman–Crippen LogP) is 3.04. The zero-order valence-electron chi connectivity index (χ0n) is 19.2. The van der Waals surface area contributed by atoms with Crippen molar-refractivity contribution in [2.45, 2.75) is 38.6 Å². The van der Waals surface area contributed by atoms with Crippen LogP contribution in [0.25, 0.3) is 0 Å². The number of nitrogen functional groups attached to an aromatic ring is 1. The Bertz CT molecular complexity index is 1060. The Hall–Kier alpha value is -2.89. The molecule has 3 N–H and O–H groups in total. The number of imide groups is 1. The number of thiophene rings is 1. The van der Waals surface area contributed by atoms with Crippen LogP contribution in [-0.4, -0.2) is 54.5 Å². The second-order valence-electron chi connectivity index (χ2n) is 9.01. The summed E-state index contributed by atoms with van der Waals surface area (Å²) < 4.78 is 0. The van der Waals surface area contributed by atoms with Crippen molar-refractivity contribution in [2.75, 3.05) is 32.4 Å². The zero-order valence-corrected chi connectivity index (χ0v) is 20.0. The summed E-state index contributed by atoms with van der Waals surface area (Å²) in [6, 6.07) is 12.2. The summed E-state index contributed by atoms with van der Waals surface area (Å²) in [5, 5.41) is 13.0. The molecule has 0 spiro atoms. The second-order valence-corrected chi connectivity index (χ2v) is 10.1. The van der Waals surface area contributed by atoms with Crippen LogP contribution in [0.2, 0.25) is 0 Å². The fourth-order valence-electron chi connectivity index (χ4n) is 5.32. The van der Waals surface area contributed by atoms with Gasteiger partial charge in [0.15, 0.2) is 0 Å². The first-order valence-corrected chi connectivity index (χ1v) is 12.4. The lowest BCUT2D eigenvalue weighted by atomic mass is 9.74. The fraction of sp³-hybridized carbons (Fsp3) is 0.480. The van der Waals surface area contributed by atoms with Crippen LogP contribution in [0.15, 0.2) is 30.3 Å². The maximum Gasteiger partial charge on any atom is 0.324 e. The van der Waals surface area contributed by atoms with E-state index in [-0.39, 0.29) is 23.8 Å².